The van der Waals surface area contributed by atoms with Crippen molar-refractivity contribution >= 4 is 22.4 Å². The molecule has 15 heavy (non-hydrogen) atoms. The number of rotatable bonds is 5. The van der Waals surface area contributed by atoms with Gasteiger partial charge in [0.2, 0.25) is 10.1 Å². The number of carbonyl (C=O) groups excluding carboxylic acids is 1. The summed E-state index contributed by atoms with van der Waals surface area (Å²) in [4.78, 5) is 11.5. The topological polar surface area (TPSA) is 66.9 Å². The lowest BCUT2D eigenvalue weighted by Gasteiger charge is -2.04. The van der Waals surface area contributed by atoms with Crippen molar-refractivity contribution < 1.29 is 4.79 Å². The minimum absolute atomic E-state index is 0.148. The molecule has 1 amide bonds. The van der Waals surface area contributed by atoms with E-state index in [1.807, 2.05) is 20.8 Å². The summed E-state index contributed by atoms with van der Waals surface area (Å²) in [5, 5.41) is 14.6. The summed E-state index contributed by atoms with van der Waals surface area (Å²) in [6.45, 7) is 7.51. The molecule has 1 aromatic rings. The van der Waals surface area contributed by atoms with E-state index in [1.165, 1.54) is 11.3 Å². The van der Waals surface area contributed by atoms with Crippen LogP contribution in [0.3, 0.4) is 0 Å². The summed E-state index contributed by atoms with van der Waals surface area (Å²) in [7, 11) is 0. The maximum absolute atomic E-state index is 11.5. The Kier molecular flexibility index (Phi) is 4.48. The van der Waals surface area contributed by atoms with Gasteiger partial charge in [0.1, 0.15) is 0 Å². The Hall–Kier alpha value is -1.17. The molecule has 0 saturated carbocycles. The largest absolute Gasteiger partial charge is 0.360 e. The molecular weight excluding hydrogens is 212 g/mol. The van der Waals surface area contributed by atoms with Crippen molar-refractivity contribution in [2.24, 2.45) is 5.92 Å². The average molecular weight is 228 g/mol. The molecule has 0 aliphatic rings. The van der Waals surface area contributed by atoms with Crippen molar-refractivity contribution in [1.29, 1.82) is 0 Å². The molecule has 0 atom stereocenters. The average Bonchev–Trinajstić information content (AvgIpc) is 2.63. The van der Waals surface area contributed by atoms with E-state index >= 15 is 0 Å². The molecule has 0 radical (unpaired) electrons. The van der Waals surface area contributed by atoms with Gasteiger partial charge >= 0.3 is 0 Å². The van der Waals surface area contributed by atoms with Crippen molar-refractivity contribution in [1.82, 2.24) is 15.5 Å². The molecule has 6 heteroatoms. The molecule has 1 heterocycles. The summed E-state index contributed by atoms with van der Waals surface area (Å²) < 4.78 is 0. The van der Waals surface area contributed by atoms with Crippen LogP contribution in [-0.4, -0.2) is 29.2 Å². The predicted molar refractivity (Wildman–Crippen MR) is 61.2 cm³/mol. The van der Waals surface area contributed by atoms with Crippen LogP contribution in [-0.2, 0) is 0 Å². The number of nitrogens with one attached hydrogen (secondary N) is 2. The maximum Gasteiger partial charge on any atom is 0.282 e. The third-order valence-electron chi connectivity index (χ3n) is 1.62. The highest BCUT2D eigenvalue weighted by atomic mass is 32.1. The van der Waals surface area contributed by atoms with Gasteiger partial charge in [-0.25, -0.2) is 0 Å². The highest BCUT2D eigenvalue weighted by Gasteiger charge is 2.11. The van der Waals surface area contributed by atoms with Gasteiger partial charge in [0.25, 0.3) is 5.91 Å². The van der Waals surface area contributed by atoms with Gasteiger partial charge in [0.05, 0.1) is 0 Å². The van der Waals surface area contributed by atoms with Crippen LogP contribution < -0.4 is 10.6 Å². The standard InChI is InChI=1S/C9H16N4OS/c1-4-10-9-13-12-8(15-9)7(14)11-5-6(2)3/h6H,4-5H2,1-3H3,(H,10,13)(H,11,14). The number of carbonyl (C=O) groups is 1. The van der Waals surface area contributed by atoms with Crippen LogP contribution in [0.15, 0.2) is 0 Å². The van der Waals surface area contributed by atoms with Crippen molar-refractivity contribution in [3.05, 3.63) is 5.01 Å². The number of aromatic nitrogens is 2. The Bertz CT molecular complexity index is 324. The van der Waals surface area contributed by atoms with E-state index in [9.17, 15) is 4.79 Å². The first kappa shape index (κ1) is 11.9. The van der Waals surface area contributed by atoms with Crippen LogP contribution in [0.25, 0.3) is 0 Å². The van der Waals surface area contributed by atoms with Gasteiger partial charge < -0.3 is 10.6 Å². The second-order valence-corrected chi connectivity index (χ2v) is 4.52. The molecule has 0 spiro atoms. The lowest BCUT2D eigenvalue weighted by atomic mass is 10.2. The summed E-state index contributed by atoms with van der Waals surface area (Å²) in [5.41, 5.74) is 0. The van der Waals surface area contributed by atoms with Crippen molar-refractivity contribution in [2.45, 2.75) is 20.8 Å². The summed E-state index contributed by atoms with van der Waals surface area (Å²) in [6, 6.07) is 0. The quantitative estimate of drug-likeness (QED) is 0.798. The van der Waals surface area contributed by atoms with Gasteiger partial charge in [-0.05, 0) is 12.8 Å². The predicted octanol–water partition coefficient (Wildman–Crippen LogP) is 1.36. The van der Waals surface area contributed by atoms with Gasteiger partial charge in [-0.1, -0.05) is 25.2 Å². The molecule has 0 saturated heterocycles. The Morgan fingerprint density at radius 1 is 1.47 bits per heavy atom. The van der Waals surface area contributed by atoms with Crippen molar-refractivity contribution in [3.8, 4) is 0 Å². The summed E-state index contributed by atoms with van der Waals surface area (Å²) >= 11 is 1.27. The maximum atomic E-state index is 11.5. The zero-order valence-electron chi connectivity index (χ0n) is 9.20. The summed E-state index contributed by atoms with van der Waals surface area (Å²) in [5.74, 6) is 0.292. The minimum atomic E-state index is -0.148. The van der Waals surface area contributed by atoms with Crippen LogP contribution in [0.4, 0.5) is 5.13 Å². The molecule has 0 aliphatic heterocycles. The van der Waals surface area contributed by atoms with Crippen LogP contribution in [0, 0.1) is 5.92 Å². The fourth-order valence-electron chi connectivity index (χ4n) is 0.910. The Morgan fingerprint density at radius 3 is 2.80 bits per heavy atom. The molecule has 0 aromatic carbocycles. The van der Waals surface area contributed by atoms with E-state index in [4.69, 9.17) is 0 Å². The lowest BCUT2D eigenvalue weighted by molar-refractivity contribution is 0.0948. The first-order chi connectivity index (χ1) is 7.13. The van der Waals surface area contributed by atoms with E-state index < -0.39 is 0 Å². The van der Waals surface area contributed by atoms with Gasteiger partial charge in [0, 0.05) is 13.1 Å². The van der Waals surface area contributed by atoms with E-state index in [-0.39, 0.29) is 5.91 Å². The van der Waals surface area contributed by atoms with Gasteiger partial charge in [-0.3, -0.25) is 4.79 Å². The number of nitrogens with zero attached hydrogens (tertiary/aromatic N) is 2. The van der Waals surface area contributed by atoms with Gasteiger partial charge in [0.15, 0.2) is 0 Å². The lowest BCUT2D eigenvalue weighted by Crippen LogP contribution is -2.27. The second kappa shape index (κ2) is 5.65. The normalized spacial score (nSPS) is 10.4. The highest BCUT2D eigenvalue weighted by molar-refractivity contribution is 7.17. The van der Waals surface area contributed by atoms with E-state index in [2.05, 4.69) is 20.8 Å². The number of hydrogen-bond acceptors (Lipinski definition) is 5. The van der Waals surface area contributed by atoms with E-state index in [1.54, 1.807) is 0 Å². The van der Waals surface area contributed by atoms with Crippen LogP contribution >= 0.6 is 11.3 Å². The second-order valence-electron chi connectivity index (χ2n) is 3.55. The molecule has 1 rings (SSSR count). The first-order valence-electron chi connectivity index (χ1n) is 4.99. The molecule has 1 aromatic heterocycles. The molecule has 0 aliphatic carbocycles. The smallest absolute Gasteiger partial charge is 0.282 e. The fraction of sp³-hybridized carbons (Fsp3) is 0.667. The zero-order valence-corrected chi connectivity index (χ0v) is 10.0. The van der Waals surface area contributed by atoms with E-state index in [0.29, 0.717) is 22.6 Å². The number of anilines is 1. The number of hydrogen-bond donors (Lipinski definition) is 2. The van der Waals surface area contributed by atoms with Crippen molar-refractivity contribution in [2.75, 3.05) is 18.4 Å². The summed E-state index contributed by atoms with van der Waals surface area (Å²) in [6.07, 6.45) is 0. The molecule has 0 unspecified atom stereocenters. The van der Waals surface area contributed by atoms with Crippen LogP contribution in [0.1, 0.15) is 30.6 Å². The molecule has 0 fully saturated rings. The molecule has 2 N–H and O–H groups in total. The van der Waals surface area contributed by atoms with Gasteiger partial charge in [-0.2, -0.15) is 0 Å². The minimum Gasteiger partial charge on any atom is -0.360 e. The van der Waals surface area contributed by atoms with Crippen LogP contribution in [0.5, 0.6) is 0 Å². The molecular formula is C9H16N4OS. The monoisotopic (exact) mass is 228 g/mol. The molecule has 0 bridgehead atoms. The van der Waals surface area contributed by atoms with Crippen molar-refractivity contribution in [3.63, 3.8) is 0 Å². The van der Waals surface area contributed by atoms with E-state index in [0.717, 1.165) is 6.54 Å². The molecule has 5 nitrogen and oxygen atoms in total. The third kappa shape index (κ3) is 3.83. The Balaban J connectivity index is 2.50. The fourth-order valence-corrected chi connectivity index (χ4v) is 1.64. The number of amides is 1. The third-order valence-corrected chi connectivity index (χ3v) is 2.50. The Morgan fingerprint density at radius 2 is 2.20 bits per heavy atom. The van der Waals surface area contributed by atoms with Crippen LogP contribution in [0.2, 0.25) is 0 Å². The highest BCUT2D eigenvalue weighted by Crippen LogP contribution is 2.14. The molecule has 84 valence electrons. The van der Waals surface area contributed by atoms with Gasteiger partial charge in [-0.15, -0.1) is 10.2 Å². The Labute approximate surface area is 93.3 Å². The zero-order chi connectivity index (χ0) is 11.3. The SMILES string of the molecule is CCNc1nnc(C(=O)NCC(C)C)s1. The first-order valence-corrected chi connectivity index (χ1v) is 5.80.